The molecule has 8 nitrogen and oxygen atoms in total. The van der Waals surface area contributed by atoms with Gasteiger partial charge in [-0.2, -0.15) is 5.10 Å². The number of H-pyrrole nitrogens is 1. The van der Waals surface area contributed by atoms with Crippen LogP contribution in [0.25, 0.3) is 11.3 Å². The summed E-state index contributed by atoms with van der Waals surface area (Å²) < 4.78 is 10.4. The third-order valence-corrected chi connectivity index (χ3v) is 4.53. The smallest absolute Gasteiger partial charge is 0.305 e. The highest BCUT2D eigenvalue weighted by atomic mass is 16.5. The monoisotopic (exact) mass is 359 g/mol. The summed E-state index contributed by atoms with van der Waals surface area (Å²) in [7, 11) is 1.59. The zero-order chi connectivity index (χ0) is 18.6. The average molecular weight is 359 g/mol. The minimum Gasteiger partial charge on any atom is -0.497 e. The van der Waals surface area contributed by atoms with Crippen molar-refractivity contribution in [1.29, 1.82) is 0 Å². The zero-order valence-electron chi connectivity index (χ0n) is 14.4. The quantitative estimate of drug-likeness (QED) is 0.725. The van der Waals surface area contributed by atoms with E-state index >= 15 is 0 Å². The van der Waals surface area contributed by atoms with Crippen molar-refractivity contribution in [3.8, 4) is 17.0 Å². The lowest BCUT2D eigenvalue weighted by atomic mass is 9.86. The number of ether oxygens (including phenoxy) is 2. The number of rotatable bonds is 6. The standard InChI is InChI=1S/C18H21N3O5/c1-25-13-4-2-12(3-5-13)14-10-15(21-20-14)17(24)19-18(11-16(22)23)6-8-26-9-7-18/h2-5,10H,6-9,11H2,1H3,(H,19,24)(H,20,21)(H,22,23). The van der Waals surface area contributed by atoms with E-state index in [0.717, 1.165) is 11.3 Å². The summed E-state index contributed by atoms with van der Waals surface area (Å²) in [4.78, 5) is 23.8. The van der Waals surface area contributed by atoms with Gasteiger partial charge in [-0.15, -0.1) is 0 Å². The molecule has 1 amide bonds. The van der Waals surface area contributed by atoms with Crippen LogP contribution >= 0.6 is 0 Å². The number of carboxylic acid groups (broad SMARTS) is 1. The van der Waals surface area contributed by atoms with E-state index in [-0.39, 0.29) is 18.0 Å². The number of aromatic nitrogens is 2. The molecular weight excluding hydrogens is 338 g/mol. The van der Waals surface area contributed by atoms with Gasteiger partial charge in [0.05, 0.1) is 24.8 Å². The van der Waals surface area contributed by atoms with E-state index in [4.69, 9.17) is 9.47 Å². The van der Waals surface area contributed by atoms with E-state index in [0.29, 0.717) is 31.7 Å². The number of amides is 1. The molecule has 2 heterocycles. The van der Waals surface area contributed by atoms with Crippen LogP contribution in [0.5, 0.6) is 5.75 Å². The Balaban J connectivity index is 1.75. The van der Waals surface area contributed by atoms with Crippen molar-refractivity contribution in [2.24, 2.45) is 0 Å². The van der Waals surface area contributed by atoms with Crippen LogP contribution in [-0.4, -0.2) is 53.0 Å². The second-order valence-electron chi connectivity index (χ2n) is 6.31. The number of hydrogen-bond donors (Lipinski definition) is 3. The summed E-state index contributed by atoms with van der Waals surface area (Å²) in [5.41, 5.74) is 0.948. The third-order valence-electron chi connectivity index (χ3n) is 4.53. The number of methoxy groups -OCH3 is 1. The van der Waals surface area contributed by atoms with Crippen LogP contribution in [0.1, 0.15) is 29.8 Å². The molecule has 8 heteroatoms. The Hall–Kier alpha value is -2.87. The van der Waals surface area contributed by atoms with Gasteiger partial charge in [0.15, 0.2) is 0 Å². The van der Waals surface area contributed by atoms with Crippen LogP contribution < -0.4 is 10.1 Å². The predicted octanol–water partition coefficient (Wildman–Crippen LogP) is 1.84. The van der Waals surface area contributed by atoms with Crippen molar-refractivity contribution in [2.75, 3.05) is 20.3 Å². The number of carbonyl (C=O) groups excluding carboxylic acids is 1. The Morgan fingerprint density at radius 1 is 1.31 bits per heavy atom. The molecule has 2 aromatic rings. The molecule has 3 rings (SSSR count). The number of carboxylic acids is 1. The van der Waals surface area contributed by atoms with E-state index in [1.54, 1.807) is 13.2 Å². The Bertz CT molecular complexity index is 778. The Morgan fingerprint density at radius 3 is 2.62 bits per heavy atom. The molecule has 0 atom stereocenters. The molecule has 0 spiro atoms. The van der Waals surface area contributed by atoms with E-state index in [1.807, 2.05) is 24.3 Å². The van der Waals surface area contributed by atoms with E-state index in [9.17, 15) is 14.7 Å². The SMILES string of the molecule is COc1ccc(-c2cc(C(=O)NC3(CC(=O)O)CCOCC3)[nH]n2)cc1. The number of nitrogens with one attached hydrogen (secondary N) is 2. The largest absolute Gasteiger partial charge is 0.497 e. The van der Waals surface area contributed by atoms with Gasteiger partial charge in [0, 0.05) is 18.8 Å². The molecule has 0 radical (unpaired) electrons. The molecule has 1 saturated heterocycles. The maximum atomic E-state index is 12.6. The van der Waals surface area contributed by atoms with E-state index in [2.05, 4.69) is 15.5 Å². The number of benzene rings is 1. The highest BCUT2D eigenvalue weighted by Gasteiger charge is 2.37. The Kier molecular flexibility index (Phi) is 5.22. The molecular formula is C18H21N3O5. The summed E-state index contributed by atoms with van der Waals surface area (Å²) in [6.45, 7) is 0.848. The van der Waals surface area contributed by atoms with Crippen molar-refractivity contribution in [1.82, 2.24) is 15.5 Å². The highest BCUT2D eigenvalue weighted by Crippen LogP contribution is 2.26. The summed E-state index contributed by atoms with van der Waals surface area (Å²) in [6.07, 6.45) is 0.788. The number of carbonyl (C=O) groups is 2. The first-order chi connectivity index (χ1) is 12.5. The van der Waals surface area contributed by atoms with Crippen molar-refractivity contribution in [3.05, 3.63) is 36.0 Å². The Morgan fingerprint density at radius 2 is 2.00 bits per heavy atom. The van der Waals surface area contributed by atoms with Crippen molar-refractivity contribution in [2.45, 2.75) is 24.8 Å². The van der Waals surface area contributed by atoms with Crippen LogP contribution in [0.15, 0.2) is 30.3 Å². The summed E-state index contributed by atoms with van der Waals surface area (Å²) in [6, 6.07) is 8.97. The fourth-order valence-electron chi connectivity index (χ4n) is 3.05. The molecule has 1 aliphatic rings. The number of hydrogen-bond acceptors (Lipinski definition) is 5. The van der Waals surface area contributed by atoms with Crippen LogP contribution in [0, 0.1) is 0 Å². The maximum absolute atomic E-state index is 12.6. The Labute approximate surface area is 150 Å². The molecule has 1 aliphatic heterocycles. The highest BCUT2D eigenvalue weighted by molar-refractivity contribution is 5.94. The summed E-state index contributed by atoms with van der Waals surface area (Å²) >= 11 is 0. The first-order valence-electron chi connectivity index (χ1n) is 8.33. The van der Waals surface area contributed by atoms with Crippen LogP contribution in [0.2, 0.25) is 0 Å². The van der Waals surface area contributed by atoms with Gasteiger partial charge in [0.1, 0.15) is 11.4 Å². The second kappa shape index (κ2) is 7.57. The molecule has 138 valence electrons. The zero-order valence-corrected chi connectivity index (χ0v) is 14.4. The minimum atomic E-state index is -0.948. The normalized spacial score (nSPS) is 16.0. The van der Waals surface area contributed by atoms with Crippen molar-refractivity contribution in [3.63, 3.8) is 0 Å². The first kappa shape index (κ1) is 17.9. The predicted molar refractivity (Wildman–Crippen MR) is 93.1 cm³/mol. The lowest BCUT2D eigenvalue weighted by molar-refractivity contribution is -0.139. The van der Waals surface area contributed by atoms with Crippen molar-refractivity contribution >= 4 is 11.9 Å². The number of nitrogens with zero attached hydrogens (tertiary/aromatic N) is 1. The van der Waals surface area contributed by atoms with Gasteiger partial charge in [-0.05, 0) is 43.2 Å². The second-order valence-corrected chi connectivity index (χ2v) is 6.31. The fourth-order valence-corrected chi connectivity index (χ4v) is 3.05. The summed E-state index contributed by atoms with van der Waals surface area (Å²) in [5.74, 6) is -0.589. The van der Waals surface area contributed by atoms with Gasteiger partial charge in [-0.25, -0.2) is 0 Å². The lowest BCUT2D eigenvalue weighted by Gasteiger charge is -2.36. The van der Waals surface area contributed by atoms with E-state index in [1.165, 1.54) is 0 Å². The van der Waals surface area contributed by atoms with Gasteiger partial charge in [-0.3, -0.25) is 14.7 Å². The number of aromatic amines is 1. The molecule has 0 bridgehead atoms. The van der Waals surface area contributed by atoms with Gasteiger partial charge in [0.2, 0.25) is 0 Å². The van der Waals surface area contributed by atoms with Crippen molar-refractivity contribution < 1.29 is 24.2 Å². The van der Waals surface area contributed by atoms with Crippen LogP contribution in [0.3, 0.4) is 0 Å². The minimum absolute atomic E-state index is 0.137. The van der Waals surface area contributed by atoms with Gasteiger partial charge < -0.3 is 19.9 Å². The summed E-state index contributed by atoms with van der Waals surface area (Å²) in [5, 5.41) is 19.0. The lowest BCUT2D eigenvalue weighted by Crippen LogP contribution is -2.53. The fraction of sp³-hybridized carbons (Fsp3) is 0.389. The van der Waals surface area contributed by atoms with Crippen LogP contribution in [-0.2, 0) is 9.53 Å². The number of aliphatic carboxylic acids is 1. The van der Waals surface area contributed by atoms with Gasteiger partial charge >= 0.3 is 5.97 Å². The molecule has 26 heavy (non-hydrogen) atoms. The van der Waals surface area contributed by atoms with Gasteiger partial charge in [-0.1, -0.05) is 0 Å². The van der Waals surface area contributed by atoms with Crippen LogP contribution in [0.4, 0.5) is 0 Å². The molecule has 0 aliphatic carbocycles. The molecule has 0 unspecified atom stereocenters. The maximum Gasteiger partial charge on any atom is 0.305 e. The average Bonchev–Trinajstić information content (AvgIpc) is 3.12. The molecule has 1 fully saturated rings. The molecule has 1 aromatic carbocycles. The van der Waals surface area contributed by atoms with E-state index < -0.39 is 11.5 Å². The molecule has 3 N–H and O–H groups in total. The topological polar surface area (TPSA) is 114 Å². The first-order valence-corrected chi connectivity index (χ1v) is 8.33. The van der Waals surface area contributed by atoms with Gasteiger partial charge in [0.25, 0.3) is 5.91 Å². The molecule has 0 saturated carbocycles. The third kappa shape index (κ3) is 4.02. The molecule has 1 aromatic heterocycles.